The standard InChI is InChI=1S/C16H19N5O2/c22-16(20-12-3-4-13-11(5-12)6-19-21-13)14-7-18-15(8-17-14)23-9-10-1-2-10/h6-8,10,12H,1-5,9H2,(H,19,21)(H,20,22). The third kappa shape index (κ3) is 3.33. The van der Waals surface area contributed by atoms with Crippen LogP contribution in [0.15, 0.2) is 18.6 Å². The number of fused-ring (bicyclic) bond motifs is 1. The molecular weight excluding hydrogens is 294 g/mol. The highest BCUT2D eigenvalue weighted by Gasteiger charge is 2.23. The molecule has 2 aliphatic rings. The van der Waals surface area contributed by atoms with Crippen molar-refractivity contribution in [2.75, 3.05) is 6.61 Å². The Kier molecular flexibility index (Phi) is 3.69. The van der Waals surface area contributed by atoms with Gasteiger partial charge in [0.25, 0.3) is 5.91 Å². The molecule has 1 unspecified atom stereocenters. The highest BCUT2D eigenvalue weighted by molar-refractivity contribution is 5.92. The summed E-state index contributed by atoms with van der Waals surface area (Å²) in [5, 5.41) is 10.1. The number of H-pyrrole nitrogens is 1. The monoisotopic (exact) mass is 313 g/mol. The van der Waals surface area contributed by atoms with Gasteiger partial charge in [0.15, 0.2) is 0 Å². The number of nitrogens with one attached hydrogen (secondary N) is 2. The first-order valence-electron chi connectivity index (χ1n) is 8.05. The number of ether oxygens (including phenoxy) is 1. The lowest BCUT2D eigenvalue weighted by molar-refractivity contribution is 0.0928. The van der Waals surface area contributed by atoms with Gasteiger partial charge in [-0.25, -0.2) is 9.97 Å². The van der Waals surface area contributed by atoms with Crippen LogP contribution in [-0.4, -0.2) is 38.7 Å². The Labute approximate surface area is 133 Å². The van der Waals surface area contributed by atoms with Gasteiger partial charge in [0.1, 0.15) is 5.69 Å². The predicted molar refractivity (Wildman–Crippen MR) is 82.1 cm³/mol. The van der Waals surface area contributed by atoms with Gasteiger partial charge in [-0.2, -0.15) is 5.10 Å². The lowest BCUT2D eigenvalue weighted by Gasteiger charge is -2.22. The van der Waals surface area contributed by atoms with Crippen LogP contribution in [0.4, 0.5) is 0 Å². The molecule has 1 amide bonds. The zero-order chi connectivity index (χ0) is 15.6. The van der Waals surface area contributed by atoms with E-state index in [4.69, 9.17) is 4.74 Å². The first-order valence-corrected chi connectivity index (χ1v) is 8.05. The Morgan fingerprint density at radius 3 is 2.96 bits per heavy atom. The van der Waals surface area contributed by atoms with Crippen LogP contribution in [0.5, 0.6) is 5.88 Å². The summed E-state index contributed by atoms with van der Waals surface area (Å²) in [5.74, 6) is 0.955. The second-order valence-corrected chi connectivity index (χ2v) is 6.28. The first-order chi connectivity index (χ1) is 11.3. The van der Waals surface area contributed by atoms with E-state index in [2.05, 4.69) is 25.5 Å². The lowest BCUT2D eigenvalue weighted by Crippen LogP contribution is -2.39. The molecule has 120 valence electrons. The Balaban J connectivity index is 1.33. The summed E-state index contributed by atoms with van der Waals surface area (Å²) in [4.78, 5) is 20.6. The second kappa shape index (κ2) is 5.98. The summed E-state index contributed by atoms with van der Waals surface area (Å²) in [6.45, 7) is 0.690. The SMILES string of the molecule is O=C(NC1CCc2[nH]ncc2C1)c1cnc(OCC2CC2)cn1. The van der Waals surface area contributed by atoms with E-state index in [1.165, 1.54) is 36.5 Å². The molecule has 2 N–H and O–H groups in total. The van der Waals surface area contributed by atoms with Crippen molar-refractivity contribution in [3.05, 3.63) is 35.5 Å². The molecule has 2 aliphatic carbocycles. The lowest BCUT2D eigenvalue weighted by atomic mass is 9.93. The van der Waals surface area contributed by atoms with E-state index in [0.29, 0.717) is 24.1 Å². The Hall–Kier alpha value is -2.44. The van der Waals surface area contributed by atoms with Crippen LogP contribution < -0.4 is 10.1 Å². The van der Waals surface area contributed by atoms with Crippen molar-refractivity contribution in [3.63, 3.8) is 0 Å². The maximum absolute atomic E-state index is 12.3. The fourth-order valence-corrected chi connectivity index (χ4v) is 2.79. The molecule has 7 nitrogen and oxygen atoms in total. The van der Waals surface area contributed by atoms with Gasteiger partial charge in [0.05, 0.1) is 25.2 Å². The van der Waals surface area contributed by atoms with Crippen molar-refractivity contribution in [1.29, 1.82) is 0 Å². The average molecular weight is 313 g/mol. The number of nitrogens with zero attached hydrogens (tertiary/aromatic N) is 3. The quantitative estimate of drug-likeness (QED) is 0.867. The summed E-state index contributed by atoms with van der Waals surface area (Å²) < 4.78 is 5.53. The fourth-order valence-electron chi connectivity index (χ4n) is 2.79. The van der Waals surface area contributed by atoms with Crippen molar-refractivity contribution in [2.24, 2.45) is 5.92 Å². The second-order valence-electron chi connectivity index (χ2n) is 6.28. The number of aromatic nitrogens is 4. The molecule has 1 saturated carbocycles. The molecule has 0 saturated heterocycles. The van der Waals surface area contributed by atoms with E-state index in [9.17, 15) is 4.79 Å². The molecule has 0 radical (unpaired) electrons. The minimum absolute atomic E-state index is 0.111. The maximum Gasteiger partial charge on any atom is 0.271 e. The van der Waals surface area contributed by atoms with Crippen molar-refractivity contribution >= 4 is 5.91 Å². The Morgan fingerprint density at radius 2 is 2.17 bits per heavy atom. The van der Waals surface area contributed by atoms with Crippen molar-refractivity contribution in [1.82, 2.24) is 25.5 Å². The number of aromatic amines is 1. The molecule has 2 aromatic heterocycles. The molecule has 0 spiro atoms. The Morgan fingerprint density at radius 1 is 1.26 bits per heavy atom. The molecule has 0 aliphatic heterocycles. The highest BCUT2D eigenvalue weighted by atomic mass is 16.5. The van der Waals surface area contributed by atoms with Gasteiger partial charge < -0.3 is 10.1 Å². The molecule has 0 bridgehead atoms. The predicted octanol–water partition coefficient (Wildman–Crippen LogP) is 1.28. The fraction of sp³-hybridized carbons (Fsp3) is 0.500. The van der Waals surface area contributed by atoms with Crippen LogP contribution in [0.25, 0.3) is 0 Å². The molecule has 1 fully saturated rings. The molecule has 7 heteroatoms. The van der Waals surface area contributed by atoms with Crippen LogP contribution in [-0.2, 0) is 12.8 Å². The Bertz CT molecular complexity index is 693. The topological polar surface area (TPSA) is 92.8 Å². The number of hydrogen-bond acceptors (Lipinski definition) is 5. The van der Waals surface area contributed by atoms with Crippen molar-refractivity contribution < 1.29 is 9.53 Å². The molecule has 4 rings (SSSR count). The highest BCUT2D eigenvalue weighted by Crippen LogP contribution is 2.29. The van der Waals surface area contributed by atoms with Crippen LogP contribution in [0.3, 0.4) is 0 Å². The van der Waals surface area contributed by atoms with E-state index in [0.717, 1.165) is 19.3 Å². The van der Waals surface area contributed by atoms with E-state index in [1.807, 2.05) is 6.20 Å². The van der Waals surface area contributed by atoms with Crippen molar-refractivity contribution in [2.45, 2.75) is 38.1 Å². The van der Waals surface area contributed by atoms with Gasteiger partial charge in [0.2, 0.25) is 5.88 Å². The summed E-state index contributed by atoms with van der Waals surface area (Å²) >= 11 is 0. The third-order valence-electron chi connectivity index (χ3n) is 4.38. The number of aryl methyl sites for hydroxylation is 1. The van der Waals surface area contributed by atoms with Gasteiger partial charge >= 0.3 is 0 Å². The van der Waals surface area contributed by atoms with E-state index >= 15 is 0 Å². The van der Waals surface area contributed by atoms with Crippen molar-refractivity contribution in [3.8, 4) is 5.88 Å². The van der Waals surface area contributed by atoms with Gasteiger partial charge in [-0.15, -0.1) is 0 Å². The zero-order valence-electron chi connectivity index (χ0n) is 12.8. The first kappa shape index (κ1) is 14.2. The summed E-state index contributed by atoms with van der Waals surface area (Å²) in [6.07, 6.45) is 9.89. The maximum atomic E-state index is 12.3. The summed E-state index contributed by atoms with van der Waals surface area (Å²) in [7, 11) is 0. The van der Waals surface area contributed by atoms with E-state index < -0.39 is 0 Å². The largest absolute Gasteiger partial charge is 0.476 e. The average Bonchev–Trinajstić information content (AvgIpc) is 3.29. The normalized spacial score (nSPS) is 19.9. The summed E-state index contributed by atoms with van der Waals surface area (Å²) in [5.41, 5.74) is 2.67. The minimum Gasteiger partial charge on any atom is -0.476 e. The van der Waals surface area contributed by atoms with E-state index in [1.54, 1.807) is 0 Å². The van der Waals surface area contributed by atoms with E-state index in [-0.39, 0.29) is 11.9 Å². The molecule has 2 aromatic rings. The number of rotatable bonds is 5. The van der Waals surface area contributed by atoms with Gasteiger partial charge in [-0.3, -0.25) is 9.89 Å². The smallest absolute Gasteiger partial charge is 0.271 e. The molecule has 23 heavy (non-hydrogen) atoms. The van der Waals surface area contributed by atoms with Crippen LogP contribution in [0.2, 0.25) is 0 Å². The van der Waals surface area contributed by atoms with Crippen LogP contribution >= 0.6 is 0 Å². The van der Waals surface area contributed by atoms with Gasteiger partial charge in [-0.05, 0) is 43.6 Å². The number of hydrogen-bond donors (Lipinski definition) is 2. The number of carbonyl (C=O) groups is 1. The molecular formula is C16H19N5O2. The zero-order valence-corrected chi connectivity index (χ0v) is 12.8. The summed E-state index contributed by atoms with van der Waals surface area (Å²) in [6, 6.07) is 0.111. The van der Waals surface area contributed by atoms with Gasteiger partial charge in [-0.1, -0.05) is 0 Å². The van der Waals surface area contributed by atoms with Gasteiger partial charge in [0, 0.05) is 11.7 Å². The van der Waals surface area contributed by atoms with Crippen LogP contribution in [0.1, 0.15) is 41.0 Å². The third-order valence-corrected chi connectivity index (χ3v) is 4.38. The molecule has 0 aromatic carbocycles. The minimum atomic E-state index is -0.191. The number of carbonyl (C=O) groups excluding carboxylic acids is 1. The molecule has 2 heterocycles. The van der Waals surface area contributed by atoms with Crippen LogP contribution in [0, 0.1) is 5.92 Å². The number of amides is 1. The molecule has 1 atom stereocenters.